The van der Waals surface area contributed by atoms with Gasteiger partial charge in [-0.15, -0.1) is 4.73 Å². The number of aromatic amines is 1. The number of aliphatic hydroxyl groups excluding tert-OH is 1. The van der Waals surface area contributed by atoms with Crippen LogP contribution in [0.5, 0.6) is 0 Å². The Morgan fingerprint density at radius 2 is 2.15 bits per heavy atom. The molecule has 0 aromatic carbocycles. The Kier molecular flexibility index (Phi) is 5.46. The Morgan fingerprint density at radius 1 is 1.50 bits per heavy atom. The molecule has 1 rings (SSSR count). The van der Waals surface area contributed by atoms with Gasteiger partial charge in [-0.2, -0.15) is 0 Å². The van der Waals surface area contributed by atoms with Crippen molar-refractivity contribution in [3.63, 3.8) is 0 Å². The molecule has 1 heterocycles. The molecule has 4 N–H and O–H groups in total. The predicted octanol–water partition coefficient (Wildman–Crippen LogP) is -1.43. The van der Waals surface area contributed by atoms with Crippen LogP contribution >= 0.6 is 7.60 Å². The molecule has 0 bridgehead atoms. The van der Waals surface area contributed by atoms with Gasteiger partial charge in [0.25, 0.3) is 5.56 Å². The van der Waals surface area contributed by atoms with E-state index in [0.29, 0.717) is 5.82 Å². The van der Waals surface area contributed by atoms with E-state index in [4.69, 9.17) is 19.7 Å². The molecule has 0 amide bonds. The number of aliphatic hydroxyl groups is 1. The van der Waals surface area contributed by atoms with E-state index < -0.39 is 31.4 Å². The van der Waals surface area contributed by atoms with Gasteiger partial charge in [0.15, 0.2) is 0 Å². The summed E-state index contributed by atoms with van der Waals surface area (Å²) in [5.41, 5.74) is -1.05. The maximum absolute atomic E-state index is 11.4. The summed E-state index contributed by atoms with van der Waals surface area (Å²) in [6.07, 6.45) is 2.28. The molecular weight excluding hydrogens is 291 g/mol. The molecule has 0 aliphatic carbocycles. The topological polar surface area (TPSA) is 142 Å². The van der Waals surface area contributed by atoms with Gasteiger partial charge in [-0.1, -0.05) is 6.08 Å². The molecule has 0 spiro atoms. The van der Waals surface area contributed by atoms with E-state index in [1.54, 1.807) is 0 Å². The van der Waals surface area contributed by atoms with Crippen LogP contribution < -0.4 is 16.1 Å². The van der Waals surface area contributed by atoms with Crippen molar-refractivity contribution in [2.24, 2.45) is 5.92 Å². The van der Waals surface area contributed by atoms with Crippen LogP contribution in [0.25, 0.3) is 0 Å². The first kappa shape index (κ1) is 16.4. The monoisotopic (exact) mass is 306 g/mol. The minimum absolute atomic E-state index is 0.196. The molecular formula is C10H15N2O7P. The van der Waals surface area contributed by atoms with Crippen molar-refractivity contribution in [2.45, 2.75) is 6.92 Å². The standard InChI is InChI=1S/C10H15N2O7P/c1-7-4-12(10(15)11-9(7)14)19-6-8(5-13)2-3-20(16,17)18/h2-4,8,13H,5-6H2,1H3,(H,11,14,15)(H2,16,17,18)/b3-2+. The van der Waals surface area contributed by atoms with Gasteiger partial charge in [0.2, 0.25) is 0 Å². The fourth-order valence-electron chi connectivity index (χ4n) is 1.22. The molecule has 0 aliphatic rings. The lowest BCUT2D eigenvalue weighted by molar-refractivity contribution is 0.0639. The lowest BCUT2D eigenvalue weighted by Gasteiger charge is -2.12. The molecule has 0 aliphatic heterocycles. The molecule has 0 fully saturated rings. The molecule has 10 heteroatoms. The van der Waals surface area contributed by atoms with Crippen LogP contribution in [0.4, 0.5) is 0 Å². The number of rotatable bonds is 6. The first-order chi connectivity index (χ1) is 9.23. The third kappa shape index (κ3) is 5.14. The second-order valence-electron chi connectivity index (χ2n) is 4.07. The minimum atomic E-state index is -4.32. The smallest absolute Gasteiger partial charge is 0.361 e. The fraction of sp³-hybridized carbons (Fsp3) is 0.400. The molecule has 1 aromatic rings. The van der Waals surface area contributed by atoms with Crippen LogP contribution in [-0.4, -0.2) is 37.8 Å². The van der Waals surface area contributed by atoms with Crippen molar-refractivity contribution < 1.29 is 24.3 Å². The average Bonchev–Trinajstić information content (AvgIpc) is 2.34. The Balaban J connectivity index is 2.77. The van der Waals surface area contributed by atoms with E-state index in [1.165, 1.54) is 13.1 Å². The highest BCUT2D eigenvalue weighted by Gasteiger charge is 2.11. The highest BCUT2D eigenvalue weighted by Crippen LogP contribution is 2.36. The maximum atomic E-state index is 11.4. The normalized spacial score (nSPS) is 13.6. The zero-order valence-corrected chi connectivity index (χ0v) is 11.5. The van der Waals surface area contributed by atoms with Crippen molar-refractivity contribution in [3.8, 4) is 0 Å². The minimum Gasteiger partial charge on any atom is -0.409 e. The summed E-state index contributed by atoms with van der Waals surface area (Å²) in [5, 5.41) is 9.04. The van der Waals surface area contributed by atoms with Gasteiger partial charge in [-0.05, 0) is 6.92 Å². The highest BCUT2D eigenvalue weighted by atomic mass is 31.2. The van der Waals surface area contributed by atoms with Gasteiger partial charge in [-0.3, -0.25) is 14.3 Å². The van der Waals surface area contributed by atoms with Crippen LogP contribution in [0.2, 0.25) is 0 Å². The highest BCUT2D eigenvalue weighted by molar-refractivity contribution is 7.55. The van der Waals surface area contributed by atoms with Gasteiger partial charge in [0.1, 0.15) is 6.61 Å². The molecule has 20 heavy (non-hydrogen) atoms. The molecule has 1 unspecified atom stereocenters. The Hall–Kier alpha value is -1.67. The van der Waals surface area contributed by atoms with E-state index >= 15 is 0 Å². The second-order valence-corrected chi connectivity index (χ2v) is 5.54. The fourth-order valence-corrected chi connectivity index (χ4v) is 1.69. The number of aryl methyl sites for hydroxylation is 1. The summed E-state index contributed by atoms with van der Waals surface area (Å²) in [7, 11) is -4.32. The van der Waals surface area contributed by atoms with Crippen LogP contribution in [-0.2, 0) is 4.57 Å². The number of hydrogen-bond acceptors (Lipinski definition) is 5. The Labute approximate surface area is 113 Å². The van der Waals surface area contributed by atoms with Gasteiger partial charge in [-0.25, -0.2) is 4.79 Å². The van der Waals surface area contributed by atoms with Crippen molar-refractivity contribution >= 4 is 7.60 Å². The van der Waals surface area contributed by atoms with Crippen molar-refractivity contribution in [1.82, 2.24) is 9.71 Å². The predicted molar refractivity (Wildman–Crippen MR) is 69.3 cm³/mol. The van der Waals surface area contributed by atoms with Crippen molar-refractivity contribution in [2.75, 3.05) is 13.2 Å². The summed E-state index contributed by atoms with van der Waals surface area (Å²) < 4.78 is 11.4. The van der Waals surface area contributed by atoms with Gasteiger partial charge in [0.05, 0.1) is 12.8 Å². The van der Waals surface area contributed by atoms with E-state index in [-0.39, 0.29) is 12.2 Å². The van der Waals surface area contributed by atoms with E-state index in [9.17, 15) is 14.2 Å². The van der Waals surface area contributed by atoms with E-state index in [1.807, 2.05) is 4.98 Å². The maximum Gasteiger partial charge on any atom is 0.361 e. The quantitative estimate of drug-likeness (QED) is 0.472. The third-order valence-electron chi connectivity index (χ3n) is 2.30. The number of hydrogen-bond donors (Lipinski definition) is 4. The summed E-state index contributed by atoms with van der Waals surface area (Å²) in [6.45, 7) is 0.862. The molecule has 0 saturated carbocycles. The van der Waals surface area contributed by atoms with E-state index in [2.05, 4.69) is 0 Å². The molecule has 1 aromatic heterocycles. The second kappa shape index (κ2) is 6.67. The number of aromatic nitrogens is 2. The summed E-state index contributed by atoms with van der Waals surface area (Å²) in [4.78, 5) is 46.9. The Bertz CT molecular complexity index is 642. The first-order valence-corrected chi connectivity index (χ1v) is 7.22. The molecule has 9 nitrogen and oxygen atoms in total. The van der Waals surface area contributed by atoms with Crippen LogP contribution in [0.15, 0.2) is 27.7 Å². The first-order valence-electron chi connectivity index (χ1n) is 5.54. The number of nitrogens with one attached hydrogen (secondary N) is 1. The average molecular weight is 306 g/mol. The lowest BCUT2D eigenvalue weighted by atomic mass is 10.2. The van der Waals surface area contributed by atoms with Crippen LogP contribution in [0, 0.1) is 12.8 Å². The van der Waals surface area contributed by atoms with Gasteiger partial charge < -0.3 is 19.7 Å². The van der Waals surface area contributed by atoms with Crippen molar-refractivity contribution in [1.29, 1.82) is 0 Å². The molecule has 112 valence electrons. The van der Waals surface area contributed by atoms with Crippen LogP contribution in [0.3, 0.4) is 0 Å². The molecule has 1 atom stereocenters. The molecule has 0 radical (unpaired) electrons. The number of nitrogens with zero attached hydrogens (tertiary/aromatic N) is 1. The van der Waals surface area contributed by atoms with Crippen molar-refractivity contribution in [3.05, 3.63) is 44.5 Å². The lowest BCUT2D eigenvalue weighted by Crippen LogP contribution is -2.36. The largest absolute Gasteiger partial charge is 0.409 e. The SMILES string of the molecule is Cc1cn(OCC(/C=C/P(=O)(O)O)CO)c(=O)[nH]c1=O. The summed E-state index contributed by atoms with van der Waals surface area (Å²) in [6, 6.07) is 0. The summed E-state index contributed by atoms with van der Waals surface area (Å²) >= 11 is 0. The third-order valence-corrected chi connectivity index (χ3v) is 2.86. The zero-order chi connectivity index (χ0) is 15.3. The van der Waals surface area contributed by atoms with E-state index in [0.717, 1.165) is 10.8 Å². The Morgan fingerprint density at radius 3 is 2.70 bits per heavy atom. The van der Waals surface area contributed by atoms with Gasteiger partial charge >= 0.3 is 13.3 Å². The van der Waals surface area contributed by atoms with Gasteiger partial charge in [0, 0.05) is 17.3 Å². The number of H-pyrrole nitrogens is 1. The summed E-state index contributed by atoms with van der Waals surface area (Å²) in [5.74, 6) is -0.0558. The molecule has 0 saturated heterocycles. The van der Waals surface area contributed by atoms with Crippen LogP contribution in [0.1, 0.15) is 5.56 Å². The zero-order valence-electron chi connectivity index (χ0n) is 10.6.